The van der Waals surface area contributed by atoms with Crippen LogP contribution in [0.5, 0.6) is 11.5 Å². The van der Waals surface area contributed by atoms with Gasteiger partial charge in [0.15, 0.2) is 18.1 Å². The predicted octanol–water partition coefficient (Wildman–Crippen LogP) is 2.72. The van der Waals surface area contributed by atoms with E-state index in [0.29, 0.717) is 36.7 Å². The van der Waals surface area contributed by atoms with Crippen molar-refractivity contribution in [1.29, 1.82) is 0 Å². The summed E-state index contributed by atoms with van der Waals surface area (Å²) in [5, 5.41) is 7.66. The van der Waals surface area contributed by atoms with Crippen LogP contribution >= 0.6 is 0 Å². The summed E-state index contributed by atoms with van der Waals surface area (Å²) in [5.41, 5.74) is 0.422. The Labute approximate surface area is 117 Å². The third kappa shape index (κ3) is 4.46. The van der Waals surface area contributed by atoms with E-state index in [1.165, 1.54) is 6.92 Å². The van der Waals surface area contributed by atoms with Crippen LogP contribution in [0.4, 0.5) is 5.69 Å². The highest BCUT2D eigenvalue weighted by Crippen LogP contribution is 2.32. The second-order valence-electron chi connectivity index (χ2n) is 3.90. The number of nitrogens with zero attached hydrogens (tertiary/aromatic N) is 2. The summed E-state index contributed by atoms with van der Waals surface area (Å²) in [7, 11) is 0. The lowest BCUT2D eigenvalue weighted by Gasteiger charge is -2.09. The number of rotatable bonds is 8. The van der Waals surface area contributed by atoms with E-state index >= 15 is 0 Å². The maximum atomic E-state index is 11.1. The third-order valence-corrected chi connectivity index (χ3v) is 2.38. The van der Waals surface area contributed by atoms with Gasteiger partial charge in [0.25, 0.3) is 0 Å². The number of aldehydes is 1. The fraction of sp³-hybridized carbons (Fsp3) is 0.429. The van der Waals surface area contributed by atoms with Crippen LogP contribution < -0.4 is 9.47 Å². The van der Waals surface area contributed by atoms with Crippen LogP contribution in [0.1, 0.15) is 20.8 Å². The Bertz CT molecular complexity index is 500. The smallest absolute Gasteiger partial charge is 0.184 e. The molecule has 6 heteroatoms. The van der Waals surface area contributed by atoms with E-state index < -0.39 is 6.04 Å². The lowest BCUT2D eigenvalue weighted by atomic mass is 10.2. The van der Waals surface area contributed by atoms with Gasteiger partial charge in [-0.2, -0.15) is 10.2 Å². The number of benzene rings is 1. The van der Waals surface area contributed by atoms with Crippen molar-refractivity contribution in [2.45, 2.75) is 26.8 Å². The summed E-state index contributed by atoms with van der Waals surface area (Å²) in [4.78, 5) is 21.9. The average molecular weight is 278 g/mol. The standard InChI is InChI=1S/C14H18N2O4/c1-4-19-11-6-7-14(20-5-2)12(8-11)15-16-13(9-17)10(3)18/h6-9,13H,4-5H2,1-3H3. The van der Waals surface area contributed by atoms with E-state index in [1.807, 2.05) is 13.8 Å². The first kappa shape index (κ1) is 15.8. The molecule has 0 radical (unpaired) electrons. The minimum Gasteiger partial charge on any atom is -0.494 e. The number of azo groups is 1. The molecule has 0 aliphatic rings. The highest BCUT2D eigenvalue weighted by Gasteiger charge is 2.12. The van der Waals surface area contributed by atoms with Gasteiger partial charge < -0.3 is 14.3 Å². The van der Waals surface area contributed by atoms with Crippen molar-refractivity contribution in [2.75, 3.05) is 13.2 Å². The van der Waals surface area contributed by atoms with Gasteiger partial charge in [-0.1, -0.05) is 0 Å². The Hall–Kier alpha value is -2.24. The molecule has 0 heterocycles. The molecular formula is C14H18N2O4. The monoisotopic (exact) mass is 278 g/mol. The minimum absolute atomic E-state index is 0.359. The van der Waals surface area contributed by atoms with Crippen LogP contribution in [-0.4, -0.2) is 31.3 Å². The van der Waals surface area contributed by atoms with Crippen molar-refractivity contribution >= 4 is 17.8 Å². The van der Waals surface area contributed by atoms with Crippen molar-refractivity contribution in [1.82, 2.24) is 0 Å². The van der Waals surface area contributed by atoms with Crippen LogP contribution in [0.15, 0.2) is 28.4 Å². The molecule has 0 aliphatic carbocycles. The van der Waals surface area contributed by atoms with Gasteiger partial charge in [-0.05, 0) is 32.9 Å². The topological polar surface area (TPSA) is 77.3 Å². The molecule has 108 valence electrons. The molecule has 1 unspecified atom stereocenters. The van der Waals surface area contributed by atoms with Crippen molar-refractivity contribution in [3.63, 3.8) is 0 Å². The highest BCUT2D eigenvalue weighted by molar-refractivity contribution is 5.95. The Morgan fingerprint density at radius 1 is 1.30 bits per heavy atom. The first-order valence-corrected chi connectivity index (χ1v) is 6.38. The zero-order valence-corrected chi connectivity index (χ0v) is 11.8. The van der Waals surface area contributed by atoms with Crippen LogP contribution in [-0.2, 0) is 9.59 Å². The van der Waals surface area contributed by atoms with Gasteiger partial charge >= 0.3 is 0 Å². The van der Waals surface area contributed by atoms with Crippen LogP contribution in [0.25, 0.3) is 0 Å². The van der Waals surface area contributed by atoms with Crippen LogP contribution in [0.2, 0.25) is 0 Å². The Morgan fingerprint density at radius 2 is 2.00 bits per heavy atom. The van der Waals surface area contributed by atoms with Crippen LogP contribution in [0.3, 0.4) is 0 Å². The number of carbonyl (C=O) groups is 2. The molecule has 0 aromatic heterocycles. The molecule has 0 bridgehead atoms. The summed E-state index contributed by atoms with van der Waals surface area (Å²) in [6, 6.07) is 4.04. The molecule has 0 amide bonds. The van der Waals surface area contributed by atoms with Gasteiger partial charge in [-0.3, -0.25) is 4.79 Å². The van der Waals surface area contributed by atoms with Crippen molar-refractivity contribution in [2.24, 2.45) is 10.2 Å². The van der Waals surface area contributed by atoms with Crippen molar-refractivity contribution < 1.29 is 19.1 Å². The zero-order valence-electron chi connectivity index (χ0n) is 11.8. The minimum atomic E-state index is -1.08. The molecule has 1 atom stereocenters. The summed E-state index contributed by atoms with van der Waals surface area (Å²) >= 11 is 0. The normalized spacial score (nSPS) is 12.2. The number of ketones is 1. The Morgan fingerprint density at radius 3 is 2.55 bits per heavy atom. The number of carbonyl (C=O) groups excluding carboxylic acids is 2. The van der Waals surface area contributed by atoms with Crippen LogP contribution in [0, 0.1) is 0 Å². The second-order valence-corrected chi connectivity index (χ2v) is 3.90. The second kappa shape index (κ2) is 8.04. The first-order chi connectivity index (χ1) is 9.62. The fourth-order valence-corrected chi connectivity index (χ4v) is 1.44. The molecule has 0 spiro atoms. The first-order valence-electron chi connectivity index (χ1n) is 6.38. The third-order valence-electron chi connectivity index (χ3n) is 2.38. The Kier molecular flexibility index (Phi) is 6.36. The van der Waals surface area contributed by atoms with Gasteiger partial charge in [-0.25, -0.2) is 0 Å². The van der Waals surface area contributed by atoms with Gasteiger partial charge in [0.05, 0.1) is 13.2 Å². The fourth-order valence-electron chi connectivity index (χ4n) is 1.44. The summed E-state index contributed by atoms with van der Waals surface area (Å²) < 4.78 is 10.8. The molecule has 0 saturated heterocycles. The molecule has 0 saturated carbocycles. The van der Waals surface area contributed by atoms with E-state index in [4.69, 9.17) is 9.47 Å². The quantitative estimate of drug-likeness (QED) is 0.416. The highest BCUT2D eigenvalue weighted by atomic mass is 16.5. The number of hydrogen-bond acceptors (Lipinski definition) is 6. The van der Waals surface area contributed by atoms with E-state index in [-0.39, 0.29) is 5.78 Å². The van der Waals surface area contributed by atoms with E-state index in [9.17, 15) is 9.59 Å². The SMILES string of the molecule is CCOc1ccc(OCC)c(N=NC(C=O)C(C)=O)c1. The molecule has 1 aromatic carbocycles. The lowest BCUT2D eigenvalue weighted by molar-refractivity contribution is -0.122. The van der Waals surface area contributed by atoms with E-state index in [1.54, 1.807) is 18.2 Å². The summed E-state index contributed by atoms with van der Waals surface area (Å²) in [5.74, 6) is 0.783. The molecule has 0 fully saturated rings. The van der Waals surface area contributed by atoms with E-state index in [0.717, 1.165) is 0 Å². The molecule has 1 aromatic rings. The lowest BCUT2D eigenvalue weighted by Crippen LogP contribution is -2.15. The van der Waals surface area contributed by atoms with Crippen molar-refractivity contribution in [3.8, 4) is 11.5 Å². The van der Waals surface area contributed by atoms with E-state index in [2.05, 4.69) is 10.2 Å². The molecule has 0 N–H and O–H groups in total. The maximum Gasteiger partial charge on any atom is 0.184 e. The number of ether oxygens (including phenoxy) is 2. The molecular weight excluding hydrogens is 260 g/mol. The molecule has 20 heavy (non-hydrogen) atoms. The van der Waals surface area contributed by atoms with Gasteiger partial charge in [0.1, 0.15) is 17.2 Å². The van der Waals surface area contributed by atoms with Gasteiger partial charge in [0, 0.05) is 6.07 Å². The largest absolute Gasteiger partial charge is 0.494 e. The molecule has 1 rings (SSSR count). The zero-order chi connectivity index (χ0) is 15.0. The maximum absolute atomic E-state index is 11.1. The molecule has 6 nitrogen and oxygen atoms in total. The van der Waals surface area contributed by atoms with Gasteiger partial charge in [-0.15, -0.1) is 0 Å². The average Bonchev–Trinajstić information content (AvgIpc) is 2.42. The van der Waals surface area contributed by atoms with Gasteiger partial charge in [0.2, 0.25) is 0 Å². The Balaban J connectivity index is 3.05. The molecule has 0 aliphatic heterocycles. The number of hydrogen-bond donors (Lipinski definition) is 0. The summed E-state index contributed by atoms with van der Waals surface area (Å²) in [6.45, 7) is 6.00. The summed E-state index contributed by atoms with van der Waals surface area (Å²) in [6.07, 6.45) is 0.457. The number of Topliss-reactive ketones (excluding diaryl/α,β-unsaturated/α-hetero) is 1. The predicted molar refractivity (Wildman–Crippen MR) is 73.8 cm³/mol. The van der Waals surface area contributed by atoms with Crippen molar-refractivity contribution in [3.05, 3.63) is 18.2 Å².